The van der Waals surface area contributed by atoms with Crippen molar-refractivity contribution in [2.75, 3.05) is 6.61 Å². The number of thiocarbonyl (C=S) groups is 1. The number of hydrogen-bond donors (Lipinski definition) is 2. The third-order valence-corrected chi connectivity index (χ3v) is 3.85. The van der Waals surface area contributed by atoms with Crippen molar-refractivity contribution >= 4 is 28.1 Å². The van der Waals surface area contributed by atoms with Crippen LogP contribution >= 0.6 is 12.2 Å². The van der Waals surface area contributed by atoms with Crippen molar-refractivity contribution in [2.45, 2.75) is 6.54 Å². The molecule has 3 aromatic rings. The molecule has 0 unspecified atom stereocenters. The molecule has 0 saturated heterocycles. The predicted octanol–water partition coefficient (Wildman–Crippen LogP) is 2.93. The summed E-state index contributed by atoms with van der Waals surface area (Å²) in [5.41, 5.74) is 9.93. The van der Waals surface area contributed by atoms with Crippen LogP contribution < -0.4 is 5.73 Å². The first kappa shape index (κ1) is 13.8. The summed E-state index contributed by atoms with van der Waals surface area (Å²) in [6.45, 7) is 0.727. The van der Waals surface area contributed by atoms with Gasteiger partial charge in [0.25, 0.3) is 0 Å². The summed E-state index contributed by atoms with van der Waals surface area (Å²) in [6.07, 6.45) is 2.00. The first-order chi connectivity index (χ1) is 10.2. The van der Waals surface area contributed by atoms with Crippen molar-refractivity contribution in [1.29, 1.82) is 0 Å². The first-order valence-electron chi connectivity index (χ1n) is 6.79. The van der Waals surface area contributed by atoms with Gasteiger partial charge in [-0.25, -0.2) is 0 Å². The van der Waals surface area contributed by atoms with Crippen LogP contribution in [0.2, 0.25) is 0 Å². The van der Waals surface area contributed by atoms with E-state index in [1.807, 2.05) is 30.5 Å². The molecule has 1 heterocycles. The van der Waals surface area contributed by atoms with E-state index in [1.54, 1.807) is 0 Å². The maximum Gasteiger partial charge on any atom is 0.104 e. The van der Waals surface area contributed by atoms with Crippen molar-refractivity contribution in [2.24, 2.45) is 5.73 Å². The standard InChI is InChI=1S/C17H16N2OS/c18-17(21)13-4-1-3-12(11-13)14-5-2-6-16-15(14)7-8-19(16)9-10-20/h1-8,11,20H,9-10H2,(H2,18,21). The zero-order valence-corrected chi connectivity index (χ0v) is 12.3. The summed E-state index contributed by atoms with van der Waals surface area (Å²) >= 11 is 5.05. The van der Waals surface area contributed by atoms with E-state index >= 15 is 0 Å². The number of nitrogens with zero attached hydrogens (tertiary/aromatic N) is 1. The molecule has 0 aliphatic carbocycles. The molecule has 2 aromatic carbocycles. The van der Waals surface area contributed by atoms with E-state index in [2.05, 4.69) is 28.8 Å². The van der Waals surface area contributed by atoms with Gasteiger partial charge in [0.15, 0.2) is 0 Å². The van der Waals surface area contributed by atoms with Gasteiger partial charge in [0.2, 0.25) is 0 Å². The molecular weight excluding hydrogens is 280 g/mol. The van der Waals surface area contributed by atoms with Gasteiger partial charge < -0.3 is 15.4 Å². The van der Waals surface area contributed by atoms with Crippen LogP contribution in [0.3, 0.4) is 0 Å². The molecule has 1 aromatic heterocycles. The largest absolute Gasteiger partial charge is 0.395 e. The molecule has 106 valence electrons. The summed E-state index contributed by atoms with van der Waals surface area (Å²) < 4.78 is 2.05. The zero-order chi connectivity index (χ0) is 14.8. The lowest BCUT2D eigenvalue weighted by Gasteiger charge is -2.08. The zero-order valence-electron chi connectivity index (χ0n) is 11.5. The minimum absolute atomic E-state index is 0.130. The van der Waals surface area contributed by atoms with Crippen LogP contribution in [-0.2, 0) is 6.54 Å². The molecule has 3 rings (SSSR count). The average Bonchev–Trinajstić information content (AvgIpc) is 2.91. The molecule has 3 N–H and O–H groups in total. The Bertz CT molecular complexity index is 807. The quantitative estimate of drug-likeness (QED) is 0.728. The molecule has 0 aliphatic rings. The smallest absolute Gasteiger partial charge is 0.104 e. The van der Waals surface area contributed by atoms with Crippen molar-refractivity contribution in [3.8, 4) is 11.1 Å². The second-order valence-corrected chi connectivity index (χ2v) is 5.36. The van der Waals surface area contributed by atoms with Gasteiger partial charge in [0, 0.05) is 29.2 Å². The number of benzene rings is 2. The topological polar surface area (TPSA) is 51.2 Å². The third kappa shape index (κ3) is 2.55. The number of hydrogen-bond acceptors (Lipinski definition) is 2. The lowest BCUT2D eigenvalue weighted by Crippen LogP contribution is -2.08. The molecule has 0 amide bonds. The molecule has 0 atom stereocenters. The highest BCUT2D eigenvalue weighted by Crippen LogP contribution is 2.29. The summed E-state index contributed by atoms with van der Waals surface area (Å²) in [5.74, 6) is 0. The second kappa shape index (κ2) is 5.68. The van der Waals surface area contributed by atoms with Crippen molar-refractivity contribution in [3.05, 3.63) is 60.3 Å². The number of aliphatic hydroxyl groups excluding tert-OH is 1. The van der Waals surface area contributed by atoms with Gasteiger partial charge in [-0.3, -0.25) is 0 Å². The van der Waals surface area contributed by atoms with Crippen LogP contribution in [0.25, 0.3) is 22.0 Å². The maximum absolute atomic E-state index is 9.13. The van der Waals surface area contributed by atoms with Crippen molar-refractivity contribution < 1.29 is 5.11 Å². The van der Waals surface area contributed by atoms with Crippen molar-refractivity contribution in [3.63, 3.8) is 0 Å². The highest BCUT2D eigenvalue weighted by Gasteiger charge is 2.08. The molecule has 0 spiro atoms. The Morgan fingerprint density at radius 3 is 2.71 bits per heavy atom. The van der Waals surface area contributed by atoms with E-state index in [0.29, 0.717) is 11.5 Å². The minimum Gasteiger partial charge on any atom is -0.395 e. The van der Waals surface area contributed by atoms with Crippen LogP contribution in [0.4, 0.5) is 0 Å². The predicted molar refractivity (Wildman–Crippen MR) is 90.3 cm³/mol. The lowest BCUT2D eigenvalue weighted by molar-refractivity contribution is 0.278. The van der Waals surface area contributed by atoms with Crippen molar-refractivity contribution in [1.82, 2.24) is 4.57 Å². The van der Waals surface area contributed by atoms with Gasteiger partial charge in [0.1, 0.15) is 4.99 Å². The van der Waals surface area contributed by atoms with Crippen LogP contribution in [0.15, 0.2) is 54.7 Å². The molecule has 3 nitrogen and oxygen atoms in total. The van der Waals surface area contributed by atoms with Crippen LogP contribution in [-0.4, -0.2) is 21.3 Å². The normalized spacial score (nSPS) is 10.9. The molecule has 0 saturated carbocycles. The van der Waals surface area contributed by atoms with E-state index in [9.17, 15) is 0 Å². The van der Waals surface area contributed by atoms with Gasteiger partial charge in [-0.15, -0.1) is 0 Å². The fourth-order valence-electron chi connectivity index (χ4n) is 2.62. The van der Waals surface area contributed by atoms with Gasteiger partial charge in [-0.05, 0) is 29.3 Å². The third-order valence-electron chi connectivity index (χ3n) is 3.61. The summed E-state index contributed by atoms with van der Waals surface area (Å²) in [6, 6.07) is 16.2. The fraction of sp³-hybridized carbons (Fsp3) is 0.118. The minimum atomic E-state index is 0.130. The van der Waals surface area contributed by atoms with Gasteiger partial charge in [-0.2, -0.15) is 0 Å². The summed E-state index contributed by atoms with van der Waals surface area (Å²) in [4.78, 5) is 0.405. The molecule has 0 fully saturated rings. The SMILES string of the molecule is NC(=S)c1cccc(-c2cccc3c2ccn3CCO)c1. The van der Waals surface area contributed by atoms with E-state index in [-0.39, 0.29) is 6.61 Å². The lowest BCUT2D eigenvalue weighted by atomic mass is 10.00. The Balaban J connectivity index is 2.16. The van der Waals surface area contributed by atoms with Gasteiger partial charge in [0.05, 0.1) is 6.61 Å². The summed E-state index contributed by atoms with van der Waals surface area (Å²) in [7, 11) is 0. The number of rotatable bonds is 4. The Kier molecular flexibility index (Phi) is 3.73. The molecule has 0 radical (unpaired) electrons. The molecular formula is C17H16N2OS. The van der Waals surface area contributed by atoms with Crippen LogP contribution in [0.5, 0.6) is 0 Å². The van der Waals surface area contributed by atoms with Gasteiger partial charge in [-0.1, -0.05) is 42.5 Å². The van der Waals surface area contributed by atoms with E-state index in [0.717, 1.165) is 27.6 Å². The number of aromatic nitrogens is 1. The maximum atomic E-state index is 9.13. The highest BCUT2D eigenvalue weighted by molar-refractivity contribution is 7.80. The van der Waals surface area contributed by atoms with E-state index in [1.165, 1.54) is 0 Å². The average molecular weight is 296 g/mol. The van der Waals surface area contributed by atoms with Gasteiger partial charge >= 0.3 is 0 Å². The molecule has 21 heavy (non-hydrogen) atoms. The van der Waals surface area contributed by atoms with E-state index in [4.69, 9.17) is 23.1 Å². The fourth-order valence-corrected chi connectivity index (χ4v) is 2.74. The molecule has 0 aliphatic heterocycles. The Morgan fingerprint density at radius 1 is 1.14 bits per heavy atom. The highest BCUT2D eigenvalue weighted by atomic mass is 32.1. The Morgan fingerprint density at radius 2 is 1.95 bits per heavy atom. The number of nitrogens with two attached hydrogens (primary N) is 1. The summed E-state index contributed by atoms with van der Waals surface area (Å²) in [5, 5.41) is 10.3. The first-order valence-corrected chi connectivity index (χ1v) is 7.20. The Hall–Kier alpha value is -2.17. The molecule has 0 bridgehead atoms. The Labute approximate surface area is 128 Å². The number of aliphatic hydroxyl groups is 1. The molecule has 4 heteroatoms. The number of fused-ring (bicyclic) bond motifs is 1. The van der Waals surface area contributed by atoms with Crippen LogP contribution in [0.1, 0.15) is 5.56 Å². The van der Waals surface area contributed by atoms with Crippen LogP contribution in [0, 0.1) is 0 Å². The monoisotopic (exact) mass is 296 g/mol. The van der Waals surface area contributed by atoms with E-state index < -0.39 is 0 Å². The second-order valence-electron chi connectivity index (χ2n) is 4.92.